The molecule has 28 heavy (non-hydrogen) atoms. The van der Waals surface area contributed by atoms with Gasteiger partial charge in [-0.2, -0.15) is 17.6 Å². The summed E-state index contributed by atoms with van der Waals surface area (Å²) in [6, 6.07) is 10.4. The van der Waals surface area contributed by atoms with E-state index in [2.05, 4.69) is 25.0 Å². The van der Waals surface area contributed by atoms with E-state index in [1.165, 1.54) is 18.3 Å². The molecule has 0 spiro atoms. The summed E-state index contributed by atoms with van der Waals surface area (Å²) < 4.78 is 54.8. The molecule has 146 valence electrons. The Morgan fingerprint density at radius 2 is 1.86 bits per heavy atom. The Bertz CT molecular complexity index is 955. The number of nitrogens with one attached hydrogen (secondary N) is 1. The fraction of sp³-hybridized carbons (Fsp3) is 0.167. The van der Waals surface area contributed by atoms with Crippen LogP contribution in [-0.2, 0) is 6.54 Å². The minimum atomic E-state index is -4.59. The number of alkyl halides is 4. The van der Waals surface area contributed by atoms with Crippen LogP contribution in [0.4, 0.5) is 29.2 Å². The fourth-order valence-corrected chi connectivity index (χ4v) is 2.30. The number of nitrogens with zero attached hydrogens (tertiary/aromatic N) is 3. The van der Waals surface area contributed by atoms with Crippen molar-refractivity contribution in [3.63, 3.8) is 0 Å². The van der Waals surface area contributed by atoms with Crippen molar-refractivity contribution in [3.8, 4) is 17.0 Å². The van der Waals surface area contributed by atoms with Gasteiger partial charge in [-0.1, -0.05) is 6.07 Å². The Morgan fingerprint density at radius 3 is 2.61 bits per heavy atom. The largest absolute Gasteiger partial charge is 0.461 e. The molecule has 0 saturated heterocycles. The topological polar surface area (TPSA) is 86.0 Å². The molecule has 0 aliphatic carbocycles. The Labute approximate surface area is 157 Å². The van der Waals surface area contributed by atoms with Gasteiger partial charge in [-0.25, -0.2) is 9.97 Å². The van der Waals surface area contributed by atoms with Crippen molar-refractivity contribution in [2.75, 3.05) is 5.32 Å². The zero-order chi connectivity index (χ0) is 20.1. The van der Waals surface area contributed by atoms with Crippen molar-refractivity contribution in [1.29, 1.82) is 0 Å². The number of aromatic nitrogens is 3. The number of anilines is 2. The van der Waals surface area contributed by atoms with Gasteiger partial charge in [-0.15, -0.1) is 0 Å². The van der Waals surface area contributed by atoms with E-state index in [-0.39, 0.29) is 18.2 Å². The highest BCUT2D eigenvalue weighted by Crippen LogP contribution is 2.29. The van der Waals surface area contributed by atoms with E-state index in [0.29, 0.717) is 11.4 Å². The van der Waals surface area contributed by atoms with Gasteiger partial charge in [0.1, 0.15) is 5.75 Å². The SMILES string of the molecule is NCc1cc(-c2ccnc(Nc3cccc(OC(F)(F)C(F)F)c3)n2)ccn1. The molecule has 6 nitrogen and oxygen atoms in total. The Balaban J connectivity index is 1.80. The summed E-state index contributed by atoms with van der Waals surface area (Å²) in [6.07, 6.45) is -5.41. The number of rotatable bonds is 7. The highest BCUT2D eigenvalue weighted by atomic mass is 19.3. The average molecular weight is 393 g/mol. The van der Waals surface area contributed by atoms with Gasteiger partial charge in [0, 0.05) is 36.3 Å². The van der Waals surface area contributed by atoms with Crippen molar-refractivity contribution >= 4 is 11.6 Å². The van der Waals surface area contributed by atoms with Gasteiger partial charge in [-0.05, 0) is 30.3 Å². The lowest BCUT2D eigenvalue weighted by atomic mass is 10.1. The fourth-order valence-electron chi connectivity index (χ4n) is 2.30. The van der Waals surface area contributed by atoms with Gasteiger partial charge in [0.2, 0.25) is 5.95 Å². The monoisotopic (exact) mass is 393 g/mol. The number of hydrogen-bond acceptors (Lipinski definition) is 6. The Hall–Kier alpha value is -3.27. The summed E-state index contributed by atoms with van der Waals surface area (Å²) in [5.41, 5.74) is 7.93. The van der Waals surface area contributed by atoms with Crippen LogP contribution < -0.4 is 15.8 Å². The third-order valence-electron chi connectivity index (χ3n) is 3.58. The first-order valence-electron chi connectivity index (χ1n) is 8.08. The second-order valence-corrected chi connectivity index (χ2v) is 5.62. The van der Waals surface area contributed by atoms with Gasteiger partial charge in [0.05, 0.1) is 11.4 Å². The zero-order valence-corrected chi connectivity index (χ0v) is 14.3. The number of nitrogens with two attached hydrogens (primary N) is 1. The van der Waals surface area contributed by atoms with E-state index >= 15 is 0 Å². The minimum absolute atomic E-state index is 0.182. The average Bonchev–Trinajstić information content (AvgIpc) is 2.68. The third kappa shape index (κ3) is 4.71. The predicted octanol–water partition coefficient (Wildman–Crippen LogP) is 3.98. The summed E-state index contributed by atoms with van der Waals surface area (Å²) in [7, 11) is 0. The van der Waals surface area contributed by atoms with Gasteiger partial charge in [0.25, 0.3) is 0 Å². The minimum Gasteiger partial charge on any atom is -0.428 e. The van der Waals surface area contributed by atoms with E-state index in [0.717, 1.165) is 17.7 Å². The number of pyridine rings is 1. The molecular weight excluding hydrogens is 378 g/mol. The lowest BCUT2D eigenvalue weighted by molar-refractivity contribution is -0.253. The molecule has 0 amide bonds. The first-order valence-corrected chi connectivity index (χ1v) is 8.08. The quantitative estimate of drug-likeness (QED) is 0.591. The number of hydrogen-bond donors (Lipinski definition) is 2. The standard InChI is InChI=1S/C18H15F4N5O/c19-16(20)18(21,22)28-14-3-1-2-12(9-14)26-17-25-7-5-15(27-17)11-4-6-24-13(8-11)10-23/h1-9,16H,10,23H2,(H,25,26,27). The Morgan fingerprint density at radius 1 is 1.07 bits per heavy atom. The van der Waals surface area contributed by atoms with E-state index in [4.69, 9.17) is 5.73 Å². The van der Waals surface area contributed by atoms with Crippen LogP contribution in [0.2, 0.25) is 0 Å². The van der Waals surface area contributed by atoms with Crippen LogP contribution >= 0.6 is 0 Å². The van der Waals surface area contributed by atoms with E-state index < -0.39 is 18.3 Å². The maximum absolute atomic E-state index is 13.1. The highest BCUT2D eigenvalue weighted by molar-refractivity contribution is 5.62. The molecule has 0 aliphatic rings. The van der Waals surface area contributed by atoms with E-state index in [1.54, 1.807) is 24.4 Å². The summed E-state index contributed by atoms with van der Waals surface area (Å²) >= 11 is 0. The maximum atomic E-state index is 13.1. The number of halogens is 4. The highest BCUT2D eigenvalue weighted by Gasteiger charge is 2.43. The molecule has 0 bridgehead atoms. The molecule has 0 saturated carbocycles. The molecule has 2 heterocycles. The van der Waals surface area contributed by atoms with Crippen LogP contribution in [0.3, 0.4) is 0 Å². The Kier molecular flexibility index (Phi) is 5.69. The molecule has 0 atom stereocenters. The summed E-state index contributed by atoms with van der Waals surface area (Å²) in [6.45, 7) is 0.278. The van der Waals surface area contributed by atoms with Crippen molar-refractivity contribution in [2.45, 2.75) is 19.1 Å². The molecule has 3 aromatic rings. The third-order valence-corrected chi connectivity index (χ3v) is 3.58. The second kappa shape index (κ2) is 8.17. The maximum Gasteiger partial charge on any atom is 0.461 e. The summed E-state index contributed by atoms with van der Waals surface area (Å²) in [5.74, 6) is -0.241. The predicted molar refractivity (Wildman–Crippen MR) is 94.5 cm³/mol. The van der Waals surface area contributed by atoms with Gasteiger partial charge in [0.15, 0.2) is 0 Å². The molecule has 2 aromatic heterocycles. The van der Waals surface area contributed by atoms with Crippen molar-refractivity contribution in [1.82, 2.24) is 15.0 Å². The molecular formula is C18H15F4N5O. The van der Waals surface area contributed by atoms with Crippen LogP contribution in [-0.4, -0.2) is 27.5 Å². The molecule has 0 unspecified atom stereocenters. The van der Waals surface area contributed by atoms with E-state index in [1.807, 2.05) is 0 Å². The summed E-state index contributed by atoms with van der Waals surface area (Å²) in [5, 5.41) is 2.82. The molecule has 1 aromatic carbocycles. The number of benzene rings is 1. The normalized spacial score (nSPS) is 11.5. The zero-order valence-electron chi connectivity index (χ0n) is 14.3. The lowest BCUT2D eigenvalue weighted by Crippen LogP contribution is -2.33. The van der Waals surface area contributed by atoms with Crippen LogP contribution in [0.1, 0.15) is 5.69 Å². The van der Waals surface area contributed by atoms with Crippen LogP contribution in [0.15, 0.2) is 54.9 Å². The molecule has 0 aliphatic heterocycles. The lowest BCUT2D eigenvalue weighted by Gasteiger charge is -2.17. The van der Waals surface area contributed by atoms with Crippen molar-refractivity contribution in [2.24, 2.45) is 5.73 Å². The summed E-state index contributed by atoms with van der Waals surface area (Å²) in [4.78, 5) is 12.5. The van der Waals surface area contributed by atoms with Crippen molar-refractivity contribution in [3.05, 3.63) is 60.6 Å². The molecule has 0 fully saturated rings. The molecule has 0 radical (unpaired) electrons. The van der Waals surface area contributed by atoms with Crippen LogP contribution in [0, 0.1) is 0 Å². The van der Waals surface area contributed by atoms with Gasteiger partial charge < -0.3 is 15.8 Å². The first-order chi connectivity index (χ1) is 13.4. The van der Waals surface area contributed by atoms with Gasteiger partial charge >= 0.3 is 12.5 Å². The van der Waals surface area contributed by atoms with Gasteiger partial charge in [-0.3, -0.25) is 4.98 Å². The van der Waals surface area contributed by atoms with E-state index in [9.17, 15) is 17.6 Å². The first kappa shape index (κ1) is 19.5. The molecule has 3 rings (SSSR count). The van der Waals surface area contributed by atoms with Crippen LogP contribution in [0.25, 0.3) is 11.3 Å². The molecule has 10 heteroatoms. The number of ether oxygens (including phenoxy) is 1. The molecule has 3 N–H and O–H groups in total. The van der Waals surface area contributed by atoms with Crippen molar-refractivity contribution < 1.29 is 22.3 Å². The smallest absolute Gasteiger partial charge is 0.428 e. The second-order valence-electron chi connectivity index (χ2n) is 5.62. The van der Waals surface area contributed by atoms with Crippen LogP contribution in [0.5, 0.6) is 5.75 Å².